The fourth-order valence-electron chi connectivity index (χ4n) is 3.98. The quantitative estimate of drug-likeness (QED) is 0.631. The maximum atomic E-state index is 12.1. The molecule has 1 amide bonds. The third-order valence-corrected chi connectivity index (χ3v) is 5.40. The van der Waals surface area contributed by atoms with E-state index in [-0.39, 0.29) is 5.91 Å². The summed E-state index contributed by atoms with van der Waals surface area (Å²) in [5.74, 6) is -1.07. The van der Waals surface area contributed by atoms with Gasteiger partial charge in [0.05, 0.1) is 18.0 Å². The topological polar surface area (TPSA) is 92.2 Å². The minimum atomic E-state index is -0.883. The molecule has 1 aliphatic rings. The number of hydrogen-bond acceptors (Lipinski definition) is 4. The molecule has 0 bridgehead atoms. The van der Waals surface area contributed by atoms with Gasteiger partial charge in [0.15, 0.2) is 5.82 Å². The van der Waals surface area contributed by atoms with E-state index in [4.69, 9.17) is 4.98 Å². The van der Waals surface area contributed by atoms with E-state index < -0.39 is 11.9 Å². The first-order chi connectivity index (χ1) is 14.5. The second-order valence-electron chi connectivity index (χ2n) is 7.54. The number of aromatic nitrogens is 2. The highest BCUT2D eigenvalue weighted by Gasteiger charge is 2.28. The van der Waals surface area contributed by atoms with Crippen LogP contribution in [0.25, 0.3) is 22.6 Å². The number of nitrogens with one attached hydrogen (secondary N) is 1. The molecule has 2 aromatic carbocycles. The van der Waals surface area contributed by atoms with Crippen LogP contribution in [0.3, 0.4) is 0 Å². The van der Waals surface area contributed by atoms with Crippen LogP contribution < -0.4 is 5.32 Å². The van der Waals surface area contributed by atoms with Gasteiger partial charge in [0, 0.05) is 28.1 Å². The van der Waals surface area contributed by atoms with Crippen LogP contribution in [-0.2, 0) is 16.0 Å². The molecule has 1 aromatic heterocycles. The fourth-order valence-corrected chi connectivity index (χ4v) is 3.98. The molecule has 1 aliphatic heterocycles. The van der Waals surface area contributed by atoms with Crippen LogP contribution in [0.2, 0.25) is 0 Å². The van der Waals surface area contributed by atoms with E-state index in [9.17, 15) is 14.7 Å². The van der Waals surface area contributed by atoms with E-state index in [2.05, 4.69) is 10.3 Å². The van der Waals surface area contributed by atoms with Crippen molar-refractivity contribution in [3.8, 4) is 22.6 Å². The highest BCUT2D eigenvalue weighted by Crippen LogP contribution is 2.37. The minimum Gasteiger partial charge on any atom is -0.481 e. The monoisotopic (exact) mass is 401 g/mol. The summed E-state index contributed by atoms with van der Waals surface area (Å²) in [7, 11) is 0. The lowest BCUT2D eigenvalue weighted by molar-refractivity contribution is -0.139. The van der Waals surface area contributed by atoms with Crippen molar-refractivity contribution < 1.29 is 14.7 Å². The number of fused-ring (bicyclic) bond motifs is 1. The summed E-state index contributed by atoms with van der Waals surface area (Å²) in [6, 6.07) is 15.3. The molecule has 0 fully saturated rings. The summed E-state index contributed by atoms with van der Waals surface area (Å²) in [5, 5.41) is 12.8. The Hall–Kier alpha value is -3.54. The van der Waals surface area contributed by atoms with E-state index in [1.165, 1.54) is 0 Å². The first kappa shape index (κ1) is 19.8. The predicted molar refractivity (Wildman–Crippen MR) is 115 cm³/mol. The van der Waals surface area contributed by atoms with E-state index in [0.29, 0.717) is 35.6 Å². The molecule has 2 heterocycles. The highest BCUT2D eigenvalue weighted by atomic mass is 16.4. The van der Waals surface area contributed by atoms with Gasteiger partial charge < -0.3 is 10.4 Å². The number of carboxylic acids is 1. The van der Waals surface area contributed by atoms with Crippen LogP contribution in [0.5, 0.6) is 0 Å². The Labute approximate surface area is 175 Å². The summed E-state index contributed by atoms with van der Waals surface area (Å²) in [4.78, 5) is 33.3. The zero-order valence-electron chi connectivity index (χ0n) is 17.0. The molecule has 30 heavy (non-hydrogen) atoms. The Morgan fingerprint density at radius 1 is 1.13 bits per heavy atom. The van der Waals surface area contributed by atoms with Gasteiger partial charge in [0.1, 0.15) is 0 Å². The second-order valence-corrected chi connectivity index (χ2v) is 7.54. The number of carbonyl (C=O) groups is 2. The molecular formula is C24H23N3O3. The molecule has 0 radical (unpaired) electrons. The molecule has 4 rings (SSSR count). The summed E-state index contributed by atoms with van der Waals surface area (Å²) in [6.07, 6.45) is 1.59. The zero-order chi connectivity index (χ0) is 21.3. The van der Waals surface area contributed by atoms with Gasteiger partial charge in [-0.3, -0.25) is 9.59 Å². The molecule has 2 N–H and O–H groups in total. The maximum Gasteiger partial charge on any atom is 0.311 e. The van der Waals surface area contributed by atoms with Crippen molar-refractivity contribution in [3.05, 3.63) is 65.4 Å². The third-order valence-electron chi connectivity index (χ3n) is 5.40. The summed E-state index contributed by atoms with van der Waals surface area (Å²) >= 11 is 0. The van der Waals surface area contributed by atoms with Gasteiger partial charge in [0.25, 0.3) is 0 Å². The number of carboxylic acid groups (broad SMARTS) is 1. The first-order valence-electron chi connectivity index (χ1n) is 10.1. The molecule has 0 saturated carbocycles. The van der Waals surface area contributed by atoms with Gasteiger partial charge in [-0.1, -0.05) is 55.8 Å². The van der Waals surface area contributed by atoms with Gasteiger partial charge >= 0.3 is 5.97 Å². The van der Waals surface area contributed by atoms with Crippen molar-refractivity contribution in [2.45, 2.75) is 39.0 Å². The van der Waals surface area contributed by atoms with Gasteiger partial charge in [-0.15, -0.1) is 0 Å². The molecule has 152 valence electrons. The number of anilines is 1. The molecule has 0 saturated heterocycles. The van der Waals surface area contributed by atoms with Crippen molar-refractivity contribution >= 4 is 17.6 Å². The van der Waals surface area contributed by atoms with E-state index >= 15 is 0 Å². The van der Waals surface area contributed by atoms with Crippen molar-refractivity contribution in [2.75, 3.05) is 5.32 Å². The van der Waals surface area contributed by atoms with E-state index in [1.54, 1.807) is 0 Å². The zero-order valence-corrected chi connectivity index (χ0v) is 17.0. The lowest BCUT2D eigenvalue weighted by Crippen LogP contribution is -2.16. The van der Waals surface area contributed by atoms with E-state index in [0.717, 1.165) is 28.8 Å². The Kier molecular flexibility index (Phi) is 5.31. The fraction of sp³-hybridized carbons (Fsp3) is 0.250. The Balaban J connectivity index is 1.93. The van der Waals surface area contributed by atoms with Gasteiger partial charge in [-0.25, -0.2) is 9.97 Å². The summed E-state index contributed by atoms with van der Waals surface area (Å²) in [6.45, 7) is 3.81. The predicted octanol–water partition coefficient (Wildman–Crippen LogP) is 4.58. The Morgan fingerprint density at radius 3 is 2.60 bits per heavy atom. The molecule has 0 spiro atoms. The maximum absolute atomic E-state index is 12.1. The van der Waals surface area contributed by atoms with Crippen LogP contribution in [0, 0.1) is 6.92 Å². The number of carbonyl (C=O) groups excluding carboxylic acids is 1. The highest BCUT2D eigenvalue weighted by molar-refractivity contribution is 6.00. The van der Waals surface area contributed by atoms with Crippen LogP contribution in [0.4, 0.5) is 5.69 Å². The molecule has 0 aliphatic carbocycles. The lowest BCUT2D eigenvalue weighted by Gasteiger charge is -2.19. The van der Waals surface area contributed by atoms with Crippen LogP contribution >= 0.6 is 0 Å². The molecule has 1 unspecified atom stereocenters. The molecule has 6 heteroatoms. The van der Waals surface area contributed by atoms with Crippen molar-refractivity contribution in [1.29, 1.82) is 0 Å². The number of amides is 1. The molecule has 1 atom stereocenters. The van der Waals surface area contributed by atoms with E-state index in [1.807, 2.05) is 62.4 Å². The largest absolute Gasteiger partial charge is 0.481 e. The normalized spacial score (nSPS) is 13.6. The average molecular weight is 401 g/mol. The number of aryl methyl sites for hydroxylation is 1. The van der Waals surface area contributed by atoms with Crippen molar-refractivity contribution in [3.63, 3.8) is 0 Å². The summed E-state index contributed by atoms with van der Waals surface area (Å²) < 4.78 is 0. The standard InChI is InChI=1S/C24H23N3O3/c1-3-7-18(24(29)30)21-14(2)25-23(15-8-5-4-6-9-15)27-22(21)17-11-10-16-13-20(28)26-19(16)12-17/h4-6,8-12,18H,3,7,13H2,1-2H3,(H,26,28)(H,29,30). The van der Waals surface area contributed by atoms with Crippen molar-refractivity contribution in [2.24, 2.45) is 0 Å². The lowest BCUT2D eigenvalue weighted by atomic mass is 9.89. The third kappa shape index (κ3) is 3.68. The smallest absolute Gasteiger partial charge is 0.311 e. The van der Waals surface area contributed by atoms with Crippen molar-refractivity contribution in [1.82, 2.24) is 9.97 Å². The van der Waals surface area contributed by atoms with Crippen LogP contribution in [-0.4, -0.2) is 27.0 Å². The molecule has 3 aromatic rings. The van der Waals surface area contributed by atoms with Crippen LogP contribution in [0.15, 0.2) is 48.5 Å². The number of nitrogens with zero attached hydrogens (tertiary/aromatic N) is 2. The van der Waals surface area contributed by atoms with Gasteiger partial charge in [-0.05, 0) is 25.0 Å². The minimum absolute atomic E-state index is 0.0411. The number of benzene rings is 2. The molecule has 6 nitrogen and oxygen atoms in total. The van der Waals surface area contributed by atoms with Crippen LogP contribution in [0.1, 0.15) is 42.5 Å². The first-order valence-corrected chi connectivity index (χ1v) is 10.1. The number of aliphatic carboxylic acids is 1. The number of hydrogen-bond donors (Lipinski definition) is 2. The number of rotatable bonds is 6. The molecular weight excluding hydrogens is 378 g/mol. The average Bonchev–Trinajstić information content (AvgIpc) is 3.11. The summed E-state index contributed by atoms with van der Waals surface area (Å²) in [5.41, 5.74) is 5.22. The Morgan fingerprint density at radius 2 is 1.90 bits per heavy atom. The Bertz CT molecular complexity index is 1130. The second kappa shape index (κ2) is 8.06. The van der Waals surface area contributed by atoms with Gasteiger partial charge in [-0.2, -0.15) is 0 Å². The SMILES string of the molecule is CCCC(C(=O)O)c1c(C)nc(-c2ccccc2)nc1-c1ccc2c(c1)NC(=O)C2. The van der Waals surface area contributed by atoms with Gasteiger partial charge in [0.2, 0.25) is 5.91 Å².